The Hall–Kier alpha value is -1.46. The highest BCUT2D eigenvalue weighted by molar-refractivity contribution is 6.32. The number of nitrogens with two attached hydrogens (primary N) is 1. The van der Waals surface area contributed by atoms with Crippen LogP contribution in [0.15, 0.2) is 12.1 Å². The Labute approximate surface area is 155 Å². The van der Waals surface area contributed by atoms with E-state index >= 15 is 0 Å². The molecule has 3 N–H and O–H groups in total. The summed E-state index contributed by atoms with van der Waals surface area (Å²) < 4.78 is 11.1. The first kappa shape index (κ1) is 19.9. The summed E-state index contributed by atoms with van der Waals surface area (Å²) >= 11 is 6.33. The average molecular weight is 369 g/mol. The zero-order valence-corrected chi connectivity index (χ0v) is 16.1. The van der Waals surface area contributed by atoms with Gasteiger partial charge in [-0.25, -0.2) is 0 Å². The highest BCUT2D eigenvalue weighted by Gasteiger charge is 2.22. The maximum absolute atomic E-state index is 12.5. The van der Waals surface area contributed by atoms with Gasteiger partial charge in [0.1, 0.15) is 0 Å². The lowest BCUT2D eigenvalue weighted by Gasteiger charge is -2.27. The minimum absolute atomic E-state index is 0.144. The molecule has 0 heterocycles. The molecule has 2 rings (SSSR count). The quantitative estimate of drug-likeness (QED) is 0.768. The third-order valence-corrected chi connectivity index (χ3v) is 4.82. The molecular formula is C19H29ClN2O3. The van der Waals surface area contributed by atoms with Crippen LogP contribution in [-0.2, 0) is 0 Å². The van der Waals surface area contributed by atoms with E-state index in [0.717, 1.165) is 32.1 Å². The Kier molecular flexibility index (Phi) is 7.38. The molecule has 1 aromatic rings. The van der Waals surface area contributed by atoms with Gasteiger partial charge in [0.25, 0.3) is 5.91 Å². The highest BCUT2D eigenvalue weighted by atomic mass is 35.5. The van der Waals surface area contributed by atoms with Crippen LogP contribution in [0, 0.1) is 5.92 Å². The number of carbonyl (C=O) groups excluding carboxylic acids is 1. The van der Waals surface area contributed by atoms with Crippen molar-refractivity contribution in [3.05, 3.63) is 22.7 Å². The molecule has 0 bridgehead atoms. The Morgan fingerprint density at radius 3 is 2.60 bits per heavy atom. The first-order valence-corrected chi connectivity index (χ1v) is 9.35. The molecule has 1 aliphatic carbocycles. The van der Waals surface area contributed by atoms with Crippen molar-refractivity contribution in [3.8, 4) is 11.5 Å². The first-order chi connectivity index (χ1) is 11.9. The zero-order valence-electron chi connectivity index (χ0n) is 15.3. The van der Waals surface area contributed by atoms with E-state index in [1.165, 1.54) is 0 Å². The molecule has 0 aromatic heterocycles. The topological polar surface area (TPSA) is 73.6 Å². The standard InChI is InChI=1S/C19H29ClN2O3/c1-12(2)8-9-25-18-16(20)10-13(11-17(18)24-3)19(23)22-15-6-4-14(21)5-7-15/h10-12,14-15H,4-9,21H2,1-3H3,(H,22,23). The predicted octanol–water partition coefficient (Wildman–Crippen LogP) is 3.77. The van der Waals surface area contributed by atoms with Gasteiger partial charge in [0.15, 0.2) is 11.5 Å². The van der Waals surface area contributed by atoms with E-state index in [1.54, 1.807) is 19.2 Å². The summed E-state index contributed by atoms with van der Waals surface area (Å²) in [4.78, 5) is 12.5. The fourth-order valence-electron chi connectivity index (χ4n) is 2.92. The Morgan fingerprint density at radius 1 is 1.32 bits per heavy atom. The van der Waals surface area contributed by atoms with Crippen molar-refractivity contribution in [3.63, 3.8) is 0 Å². The van der Waals surface area contributed by atoms with Crippen LogP contribution in [0.25, 0.3) is 0 Å². The van der Waals surface area contributed by atoms with Crippen LogP contribution in [-0.4, -0.2) is 31.7 Å². The molecule has 1 saturated carbocycles. The molecule has 5 nitrogen and oxygen atoms in total. The van der Waals surface area contributed by atoms with E-state index < -0.39 is 0 Å². The molecule has 140 valence electrons. The second-order valence-electron chi connectivity index (χ2n) is 7.11. The number of ether oxygens (including phenoxy) is 2. The molecule has 0 spiro atoms. The van der Waals surface area contributed by atoms with Crippen LogP contribution < -0.4 is 20.5 Å². The number of amides is 1. The van der Waals surface area contributed by atoms with Gasteiger partial charge in [0, 0.05) is 17.6 Å². The third-order valence-electron chi connectivity index (χ3n) is 4.54. The molecule has 0 saturated heterocycles. The summed E-state index contributed by atoms with van der Waals surface area (Å²) in [5, 5.41) is 3.45. The molecule has 1 amide bonds. The summed E-state index contributed by atoms with van der Waals surface area (Å²) in [7, 11) is 1.55. The van der Waals surface area contributed by atoms with Gasteiger partial charge >= 0.3 is 0 Å². The zero-order chi connectivity index (χ0) is 18.4. The number of benzene rings is 1. The monoisotopic (exact) mass is 368 g/mol. The van der Waals surface area contributed by atoms with Crippen molar-refractivity contribution in [1.82, 2.24) is 5.32 Å². The van der Waals surface area contributed by atoms with Gasteiger partial charge in [0.05, 0.1) is 18.7 Å². The van der Waals surface area contributed by atoms with Gasteiger partial charge in [-0.05, 0) is 50.2 Å². The molecule has 0 aliphatic heterocycles. The van der Waals surface area contributed by atoms with E-state index in [1.807, 2.05) is 0 Å². The largest absolute Gasteiger partial charge is 0.493 e. The van der Waals surface area contributed by atoms with Crippen LogP contribution in [0.3, 0.4) is 0 Å². The Morgan fingerprint density at radius 2 is 2.00 bits per heavy atom. The number of methoxy groups -OCH3 is 1. The number of carbonyl (C=O) groups is 1. The summed E-state index contributed by atoms with van der Waals surface area (Å²) in [5.41, 5.74) is 6.39. The van der Waals surface area contributed by atoms with Gasteiger partial charge in [-0.3, -0.25) is 4.79 Å². The van der Waals surface area contributed by atoms with E-state index in [-0.39, 0.29) is 18.0 Å². The van der Waals surface area contributed by atoms with Gasteiger partial charge in [-0.15, -0.1) is 0 Å². The van der Waals surface area contributed by atoms with E-state index in [9.17, 15) is 4.79 Å². The third kappa shape index (κ3) is 5.79. The Bertz CT molecular complexity index is 584. The molecular weight excluding hydrogens is 340 g/mol. The number of hydrogen-bond acceptors (Lipinski definition) is 4. The van der Waals surface area contributed by atoms with Crippen molar-refractivity contribution < 1.29 is 14.3 Å². The second-order valence-corrected chi connectivity index (χ2v) is 7.51. The molecule has 1 fully saturated rings. The molecule has 6 heteroatoms. The molecule has 1 aromatic carbocycles. The SMILES string of the molecule is COc1cc(C(=O)NC2CCC(N)CC2)cc(Cl)c1OCCC(C)C. The second kappa shape index (κ2) is 9.30. The smallest absolute Gasteiger partial charge is 0.251 e. The Balaban J connectivity index is 2.05. The predicted molar refractivity (Wildman–Crippen MR) is 101 cm³/mol. The highest BCUT2D eigenvalue weighted by Crippen LogP contribution is 2.36. The van der Waals surface area contributed by atoms with Crippen LogP contribution in [0.1, 0.15) is 56.3 Å². The maximum Gasteiger partial charge on any atom is 0.251 e. The summed E-state index contributed by atoms with van der Waals surface area (Å²) in [5.74, 6) is 1.37. The molecule has 0 atom stereocenters. The lowest BCUT2D eigenvalue weighted by Crippen LogP contribution is -2.40. The fourth-order valence-corrected chi connectivity index (χ4v) is 3.19. The number of halogens is 1. The lowest BCUT2D eigenvalue weighted by atomic mass is 9.91. The fraction of sp³-hybridized carbons (Fsp3) is 0.632. The van der Waals surface area contributed by atoms with Crippen molar-refractivity contribution in [2.75, 3.05) is 13.7 Å². The maximum atomic E-state index is 12.5. The van der Waals surface area contributed by atoms with Gasteiger partial charge in [0.2, 0.25) is 0 Å². The van der Waals surface area contributed by atoms with E-state index in [0.29, 0.717) is 34.6 Å². The number of rotatable bonds is 7. The molecule has 0 radical (unpaired) electrons. The van der Waals surface area contributed by atoms with Crippen molar-refractivity contribution in [1.29, 1.82) is 0 Å². The van der Waals surface area contributed by atoms with Crippen LogP contribution in [0.4, 0.5) is 0 Å². The minimum atomic E-state index is -0.144. The average Bonchev–Trinajstić information content (AvgIpc) is 2.57. The summed E-state index contributed by atoms with van der Waals surface area (Å²) in [6, 6.07) is 3.74. The molecule has 0 unspecified atom stereocenters. The molecule has 1 aliphatic rings. The number of nitrogens with one attached hydrogen (secondary N) is 1. The minimum Gasteiger partial charge on any atom is -0.493 e. The number of hydrogen-bond donors (Lipinski definition) is 2. The lowest BCUT2D eigenvalue weighted by molar-refractivity contribution is 0.0925. The van der Waals surface area contributed by atoms with Gasteiger partial charge in [-0.2, -0.15) is 0 Å². The van der Waals surface area contributed by atoms with Crippen molar-refractivity contribution in [2.45, 2.75) is 58.0 Å². The summed E-state index contributed by atoms with van der Waals surface area (Å²) in [6.07, 6.45) is 4.63. The van der Waals surface area contributed by atoms with Crippen molar-refractivity contribution >= 4 is 17.5 Å². The van der Waals surface area contributed by atoms with E-state index in [2.05, 4.69) is 19.2 Å². The normalized spacial score (nSPS) is 20.4. The van der Waals surface area contributed by atoms with Crippen LogP contribution in [0.5, 0.6) is 11.5 Å². The molecule has 25 heavy (non-hydrogen) atoms. The van der Waals surface area contributed by atoms with E-state index in [4.69, 9.17) is 26.8 Å². The van der Waals surface area contributed by atoms with Crippen molar-refractivity contribution in [2.24, 2.45) is 11.7 Å². The van der Waals surface area contributed by atoms with Gasteiger partial charge in [-0.1, -0.05) is 25.4 Å². The summed E-state index contributed by atoms with van der Waals surface area (Å²) in [6.45, 7) is 4.82. The van der Waals surface area contributed by atoms with Crippen LogP contribution >= 0.6 is 11.6 Å². The van der Waals surface area contributed by atoms with Crippen LogP contribution in [0.2, 0.25) is 5.02 Å². The first-order valence-electron chi connectivity index (χ1n) is 8.97. The van der Waals surface area contributed by atoms with Gasteiger partial charge < -0.3 is 20.5 Å².